The molecule has 0 aliphatic heterocycles. The van der Waals surface area contributed by atoms with Gasteiger partial charge < -0.3 is 16.0 Å². The second-order valence-electron chi connectivity index (χ2n) is 7.26. The molecule has 6 heteroatoms. The lowest BCUT2D eigenvalue weighted by molar-refractivity contribution is 0.251. The van der Waals surface area contributed by atoms with Crippen LogP contribution in [-0.2, 0) is 13.1 Å². The van der Waals surface area contributed by atoms with Crippen LogP contribution >= 0.6 is 11.6 Å². The Morgan fingerprint density at radius 3 is 2.31 bits per heavy atom. The van der Waals surface area contributed by atoms with Crippen molar-refractivity contribution in [1.29, 1.82) is 0 Å². The molecule has 0 saturated heterocycles. The topological polar surface area (TPSA) is 66.0 Å². The van der Waals surface area contributed by atoms with Crippen LogP contribution in [0.1, 0.15) is 11.1 Å². The zero-order chi connectivity index (χ0) is 22.2. The van der Waals surface area contributed by atoms with E-state index in [4.69, 9.17) is 11.6 Å². The van der Waals surface area contributed by atoms with Gasteiger partial charge >= 0.3 is 6.03 Å². The second-order valence-corrected chi connectivity index (χ2v) is 7.70. The summed E-state index contributed by atoms with van der Waals surface area (Å²) in [7, 11) is 0. The monoisotopic (exact) mass is 442 g/mol. The molecule has 0 bridgehead atoms. The fraction of sp³-hybridized carbons (Fsp3) is 0.0769. The number of benzene rings is 3. The molecule has 0 aliphatic carbocycles. The molecule has 3 N–H and O–H groups in total. The minimum absolute atomic E-state index is 0.258. The first-order valence-corrected chi connectivity index (χ1v) is 10.7. The third kappa shape index (κ3) is 5.86. The first-order valence-electron chi connectivity index (χ1n) is 10.3. The molecule has 0 unspecified atom stereocenters. The average molecular weight is 443 g/mol. The van der Waals surface area contributed by atoms with Gasteiger partial charge in [-0.25, -0.2) is 4.79 Å². The second kappa shape index (κ2) is 10.5. The average Bonchev–Trinajstić information content (AvgIpc) is 2.84. The molecule has 0 radical (unpaired) electrons. The molecule has 5 nitrogen and oxygen atoms in total. The van der Waals surface area contributed by atoms with Crippen molar-refractivity contribution in [2.75, 3.05) is 10.6 Å². The van der Waals surface area contributed by atoms with Crippen LogP contribution in [0.3, 0.4) is 0 Å². The highest BCUT2D eigenvalue weighted by molar-refractivity contribution is 6.30. The van der Waals surface area contributed by atoms with E-state index in [0.29, 0.717) is 13.1 Å². The molecule has 1 aromatic heterocycles. The fourth-order valence-corrected chi connectivity index (χ4v) is 3.44. The lowest BCUT2D eigenvalue weighted by Gasteiger charge is -2.13. The van der Waals surface area contributed by atoms with Crippen molar-refractivity contribution in [3.05, 3.63) is 113 Å². The molecule has 0 atom stereocenters. The fourth-order valence-electron chi connectivity index (χ4n) is 3.31. The molecule has 0 saturated carbocycles. The minimum atomic E-state index is -0.258. The summed E-state index contributed by atoms with van der Waals surface area (Å²) in [5.41, 5.74) is 6.12. The van der Waals surface area contributed by atoms with E-state index in [2.05, 4.69) is 33.1 Å². The number of aromatic nitrogens is 1. The number of pyridine rings is 1. The van der Waals surface area contributed by atoms with E-state index in [1.54, 1.807) is 12.4 Å². The Labute approximate surface area is 192 Å². The van der Waals surface area contributed by atoms with E-state index in [-0.39, 0.29) is 6.03 Å². The molecular formula is C26H23ClN4O. The lowest BCUT2D eigenvalue weighted by Crippen LogP contribution is -2.28. The summed E-state index contributed by atoms with van der Waals surface area (Å²) in [5, 5.41) is 9.83. The molecule has 0 aliphatic rings. The number of nitrogens with one attached hydrogen (secondary N) is 3. The Hall–Kier alpha value is -3.83. The normalized spacial score (nSPS) is 10.4. The Morgan fingerprint density at radius 1 is 0.812 bits per heavy atom. The molecule has 4 aromatic rings. The van der Waals surface area contributed by atoms with Crippen molar-refractivity contribution >= 4 is 29.0 Å². The minimum Gasteiger partial charge on any atom is -0.381 e. The number of anilines is 2. The SMILES string of the molecule is O=C(NCc1cccnc1)Nc1ccc(NCc2ccccc2-c2ccc(Cl)cc2)cc1. The van der Waals surface area contributed by atoms with Gasteiger partial charge in [-0.05, 0) is 64.7 Å². The number of hydrogen-bond acceptors (Lipinski definition) is 3. The summed E-state index contributed by atoms with van der Waals surface area (Å²) in [6.45, 7) is 1.10. The highest BCUT2D eigenvalue weighted by Crippen LogP contribution is 2.26. The number of hydrogen-bond donors (Lipinski definition) is 3. The van der Waals surface area contributed by atoms with Crippen molar-refractivity contribution in [3.8, 4) is 11.1 Å². The molecule has 0 fully saturated rings. The van der Waals surface area contributed by atoms with E-state index >= 15 is 0 Å². The Balaban J connectivity index is 1.33. The largest absolute Gasteiger partial charge is 0.381 e. The van der Waals surface area contributed by atoms with Gasteiger partial charge in [-0.15, -0.1) is 0 Å². The van der Waals surface area contributed by atoms with Gasteiger partial charge in [-0.1, -0.05) is 54.1 Å². The molecule has 160 valence electrons. The van der Waals surface area contributed by atoms with Crippen molar-refractivity contribution < 1.29 is 4.79 Å². The predicted octanol–water partition coefficient (Wildman–Crippen LogP) is 6.34. The highest BCUT2D eigenvalue weighted by Gasteiger charge is 2.06. The number of amides is 2. The Kier molecular flexibility index (Phi) is 7.00. The Morgan fingerprint density at radius 2 is 1.56 bits per heavy atom. The zero-order valence-electron chi connectivity index (χ0n) is 17.4. The molecule has 1 heterocycles. The number of urea groups is 1. The van der Waals surface area contributed by atoms with Gasteiger partial charge in [0.2, 0.25) is 0 Å². The number of rotatable bonds is 7. The maximum atomic E-state index is 12.1. The highest BCUT2D eigenvalue weighted by atomic mass is 35.5. The zero-order valence-corrected chi connectivity index (χ0v) is 18.1. The van der Waals surface area contributed by atoms with Crippen LogP contribution in [-0.4, -0.2) is 11.0 Å². The van der Waals surface area contributed by atoms with Crippen LogP contribution in [0.25, 0.3) is 11.1 Å². The molecular weight excluding hydrogens is 420 g/mol. The van der Waals surface area contributed by atoms with Crippen LogP contribution < -0.4 is 16.0 Å². The summed E-state index contributed by atoms with van der Waals surface area (Å²) in [5.74, 6) is 0. The standard InChI is InChI=1S/C26H23ClN4O/c27-22-9-7-20(8-10-22)25-6-2-1-5-21(25)18-29-23-11-13-24(14-12-23)31-26(32)30-17-19-4-3-15-28-16-19/h1-16,29H,17-18H2,(H2,30,31,32). The quantitative estimate of drug-likeness (QED) is 0.313. The van der Waals surface area contributed by atoms with Crippen molar-refractivity contribution in [2.45, 2.75) is 13.1 Å². The first kappa shape index (κ1) is 21.4. The van der Waals surface area contributed by atoms with Gasteiger partial charge in [0.05, 0.1) is 0 Å². The molecule has 3 aromatic carbocycles. The van der Waals surface area contributed by atoms with Gasteiger partial charge in [-0.3, -0.25) is 4.98 Å². The summed E-state index contributed by atoms with van der Waals surface area (Å²) in [6, 6.07) is 27.3. The Bertz CT molecular complexity index is 1160. The molecule has 0 spiro atoms. The smallest absolute Gasteiger partial charge is 0.319 e. The van der Waals surface area contributed by atoms with Crippen LogP contribution in [0.5, 0.6) is 0 Å². The summed E-state index contributed by atoms with van der Waals surface area (Å²) >= 11 is 6.02. The van der Waals surface area contributed by atoms with Crippen LogP contribution in [0.4, 0.5) is 16.2 Å². The first-order chi connectivity index (χ1) is 15.7. The number of carbonyl (C=O) groups excluding carboxylic acids is 1. The van der Waals surface area contributed by atoms with Crippen LogP contribution in [0, 0.1) is 0 Å². The van der Waals surface area contributed by atoms with E-state index in [0.717, 1.165) is 27.5 Å². The van der Waals surface area contributed by atoms with Crippen molar-refractivity contribution in [1.82, 2.24) is 10.3 Å². The lowest BCUT2D eigenvalue weighted by atomic mass is 9.99. The third-order valence-corrected chi connectivity index (χ3v) is 5.23. The van der Waals surface area contributed by atoms with E-state index in [1.165, 1.54) is 11.1 Å². The van der Waals surface area contributed by atoms with Crippen molar-refractivity contribution in [2.24, 2.45) is 0 Å². The summed E-state index contributed by atoms with van der Waals surface area (Å²) < 4.78 is 0. The van der Waals surface area contributed by atoms with Gasteiger partial charge in [0, 0.05) is 41.9 Å². The van der Waals surface area contributed by atoms with Gasteiger partial charge in [0.25, 0.3) is 0 Å². The molecule has 2 amide bonds. The number of halogens is 1. The van der Waals surface area contributed by atoms with Crippen LogP contribution in [0.15, 0.2) is 97.3 Å². The number of nitrogens with zero attached hydrogens (tertiary/aromatic N) is 1. The van der Waals surface area contributed by atoms with E-state index in [9.17, 15) is 4.79 Å². The van der Waals surface area contributed by atoms with Gasteiger partial charge in [0.15, 0.2) is 0 Å². The van der Waals surface area contributed by atoms with E-state index < -0.39 is 0 Å². The molecule has 32 heavy (non-hydrogen) atoms. The van der Waals surface area contributed by atoms with Gasteiger partial charge in [-0.2, -0.15) is 0 Å². The molecule has 4 rings (SSSR count). The van der Waals surface area contributed by atoms with Crippen molar-refractivity contribution in [3.63, 3.8) is 0 Å². The summed E-state index contributed by atoms with van der Waals surface area (Å²) in [6.07, 6.45) is 3.43. The summed E-state index contributed by atoms with van der Waals surface area (Å²) in [4.78, 5) is 16.1. The maximum absolute atomic E-state index is 12.1. The third-order valence-electron chi connectivity index (χ3n) is 4.97. The van der Waals surface area contributed by atoms with Crippen LogP contribution in [0.2, 0.25) is 5.02 Å². The van der Waals surface area contributed by atoms with E-state index in [1.807, 2.05) is 72.8 Å². The number of carbonyl (C=O) groups is 1. The predicted molar refractivity (Wildman–Crippen MR) is 131 cm³/mol. The maximum Gasteiger partial charge on any atom is 0.319 e. The van der Waals surface area contributed by atoms with Gasteiger partial charge in [0.1, 0.15) is 0 Å².